The monoisotopic (exact) mass is 1140 g/mol. The molecule has 0 saturated carbocycles. The lowest BCUT2D eigenvalue weighted by Gasteiger charge is -2.18. The Kier molecular flexibility index (Phi) is 66.2. The van der Waals surface area contributed by atoms with Crippen molar-refractivity contribution in [2.24, 2.45) is 0 Å². The summed E-state index contributed by atoms with van der Waals surface area (Å²) in [6.45, 7) is 6.43. The SMILES string of the molecule is CC/C=C\C/C=C\C/C=C\C/C=C\C/C=C\CCCCCCCCCCCC(=O)OCC(COC(=O)CCCCCC/C=C\C/C=C\C/C=C\C/C=C\CC)OC(=O)CCCCCCCCCCCCCCCCCCCCCCCC. The number of esters is 3. The van der Waals surface area contributed by atoms with Crippen LogP contribution in [0, 0.1) is 0 Å². The molecule has 0 aliphatic heterocycles. The van der Waals surface area contributed by atoms with Gasteiger partial charge in [-0.05, 0) is 103 Å². The van der Waals surface area contributed by atoms with Crippen LogP contribution in [-0.4, -0.2) is 37.2 Å². The van der Waals surface area contributed by atoms with Crippen LogP contribution in [0.5, 0.6) is 0 Å². The Balaban J connectivity index is 4.38. The van der Waals surface area contributed by atoms with E-state index in [1.165, 1.54) is 161 Å². The third kappa shape index (κ3) is 66.9. The van der Waals surface area contributed by atoms with Gasteiger partial charge in [-0.1, -0.05) is 323 Å². The molecule has 0 aromatic rings. The molecule has 0 aromatic heterocycles. The second kappa shape index (κ2) is 69.6. The van der Waals surface area contributed by atoms with Gasteiger partial charge in [-0.15, -0.1) is 0 Å². The minimum absolute atomic E-state index is 0.0877. The molecule has 6 heteroatoms. The number of rotatable bonds is 63. The van der Waals surface area contributed by atoms with E-state index < -0.39 is 6.10 Å². The summed E-state index contributed by atoms with van der Waals surface area (Å²) < 4.78 is 17.0. The zero-order valence-electron chi connectivity index (χ0n) is 54.0. The number of carbonyl (C=O) groups excluding carboxylic acids is 3. The molecule has 0 fully saturated rings. The van der Waals surface area contributed by atoms with E-state index in [-0.39, 0.29) is 31.1 Å². The van der Waals surface area contributed by atoms with Gasteiger partial charge in [0.05, 0.1) is 0 Å². The number of allylic oxidation sites excluding steroid dienone is 18. The highest BCUT2D eigenvalue weighted by Crippen LogP contribution is 2.17. The standard InChI is InChI=1S/C76H130O6/c1-4-7-10-13-16-19-22-25-28-31-33-35-37-38-39-41-42-45-48-51-54-57-60-63-66-69-75(78)81-72-73(71-80-74(77)68-65-62-59-56-53-50-47-44-30-27-24-21-18-15-12-9-6-3)82-76(79)70-67-64-61-58-55-52-49-46-43-40-36-34-32-29-26-23-20-17-14-11-8-5-2/h7,9-10,12,16,18-19,21,25,27-28,30,33,35,38-39,47,50,73H,4-6,8,11,13-15,17,20,22-24,26,29,31-32,34,36-37,40-46,48-49,51-72H2,1-3H3/b10-7-,12-9-,19-16-,21-18-,28-25-,30-27-,35-33-,39-38-,50-47-. The molecule has 0 bridgehead atoms. The van der Waals surface area contributed by atoms with Crippen LogP contribution in [0.3, 0.4) is 0 Å². The molecule has 0 heterocycles. The molecule has 6 nitrogen and oxygen atoms in total. The van der Waals surface area contributed by atoms with Crippen molar-refractivity contribution in [2.75, 3.05) is 13.2 Å². The van der Waals surface area contributed by atoms with Gasteiger partial charge >= 0.3 is 17.9 Å². The lowest BCUT2D eigenvalue weighted by atomic mass is 10.0. The minimum atomic E-state index is -0.793. The van der Waals surface area contributed by atoms with Crippen molar-refractivity contribution in [1.29, 1.82) is 0 Å². The smallest absolute Gasteiger partial charge is 0.306 e. The van der Waals surface area contributed by atoms with Gasteiger partial charge in [-0.3, -0.25) is 14.4 Å². The highest BCUT2D eigenvalue weighted by molar-refractivity contribution is 5.71. The highest BCUT2D eigenvalue weighted by Gasteiger charge is 2.19. The Morgan fingerprint density at radius 2 is 0.476 bits per heavy atom. The minimum Gasteiger partial charge on any atom is -0.462 e. The summed E-state index contributed by atoms with van der Waals surface area (Å²) in [5.41, 5.74) is 0. The fourth-order valence-corrected chi connectivity index (χ4v) is 9.88. The molecule has 470 valence electrons. The van der Waals surface area contributed by atoms with Crippen LogP contribution < -0.4 is 0 Å². The molecule has 82 heavy (non-hydrogen) atoms. The second-order valence-electron chi connectivity index (χ2n) is 23.0. The van der Waals surface area contributed by atoms with Crippen LogP contribution in [0.15, 0.2) is 109 Å². The van der Waals surface area contributed by atoms with E-state index in [1.807, 2.05) is 0 Å². The van der Waals surface area contributed by atoms with Gasteiger partial charge < -0.3 is 14.2 Å². The van der Waals surface area contributed by atoms with Gasteiger partial charge in [-0.2, -0.15) is 0 Å². The molecule has 0 rings (SSSR count). The van der Waals surface area contributed by atoms with Crippen molar-refractivity contribution in [2.45, 2.75) is 341 Å². The number of unbranched alkanes of at least 4 members (excludes halogenated alkanes) is 34. The Morgan fingerprint density at radius 1 is 0.256 bits per heavy atom. The summed E-state index contributed by atoms with van der Waals surface area (Å²) in [6.07, 6.45) is 95.4. The van der Waals surface area contributed by atoms with Crippen molar-refractivity contribution in [3.05, 3.63) is 109 Å². The first-order valence-corrected chi connectivity index (χ1v) is 34.9. The largest absolute Gasteiger partial charge is 0.462 e. The van der Waals surface area contributed by atoms with E-state index in [0.29, 0.717) is 19.3 Å². The molecule has 0 aliphatic rings. The molecule has 0 aromatic carbocycles. The average Bonchev–Trinajstić information content (AvgIpc) is 3.47. The van der Waals surface area contributed by atoms with Crippen molar-refractivity contribution >= 4 is 17.9 Å². The van der Waals surface area contributed by atoms with Crippen molar-refractivity contribution in [3.63, 3.8) is 0 Å². The fraction of sp³-hybridized carbons (Fsp3) is 0.724. The van der Waals surface area contributed by atoms with Crippen LogP contribution in [-0.2, 0) is 28.6 Å². The zero-order valence-corrected chi connectivity index (χ0v) is 54.0. The average molecular weight is 1140 g/mol. The normalized spacial score (nSPS) is 12.8. The summed E-state index contributed by atoms with van der Waals surface area (Å²) in [5.74, 6) is -0.902. The van der Waals surface area contributed by atoms with E-state index in [0.717, 1.165) is 135 Å². The zero-order chi connectivity index (χ0) is 59.2. The van der Waals surface area contributed by atoms with Crippen molar-refractivity contribution < 1.29 is 28.6 Å². The Labute approximate surface area is 508 Å². The summed E-state index contributed by atoms with van der Waals surface area (Å²) >= 11 is 0. The number of hydrogen-bond donors (Lipinski definition) is 0. The van der Waals surface area contributed by atoms with Crippen LogP contribution in [0.4, 0.5) is 0 Å². The third-order valence-corrected chi connectivity index (χ3v) is 15.0. The first-order chi connectivity index (χ1) is 40.5. The first kappa shape index (κ1) is 78.1. The predicted molar refractivity (Wildman–Crippen MR) is 357 cm³/mol. The maximum absolute atomic E-state index is 13.0. The maximum Gasteiger partial charge on any atom is 0.306 e. The molecule has 0 aliphatic carbocycles. The molecular weight excluding hydrogens is 1010 g/mol. The molecule has 0 spiro atoms. The van der Waals surface area contributed by atoms with Gasteiger partial charge in [0.1, 0.15) is 13.2 Å². The Morgan fingerprint density at radius 3 is 0.744 bits per heavy atom. The summed E-state index contributed by atoms with van der Waals surface area (Å²) in [4.78, 5) is 38.5. The number of ether oxygens (including phenoxy) is 3. The molecule has 0 amide bonds. The number of carbonyl (C=O) groups is 3. The summed E-state index contributed by atoms with van der Waals surface area (Å²) in [5, 5.41) is 0. The third-order valence-electron chi connectivity index (χ3n) is 15.0. The lowest BCUT2D eigenvalue weighted by molar-refractivity contribution is -0.167. The van der Waals surface area contributed by atoms with Gasteiger partial charge in [-0.25, -0.2) is 0 Å². The molecule has 1 atom stereocenters. The predicted octanol–water partition coefficient (Wildman–Crippen LogP) is 24.2. The second-order valence-corrected chi connectivity index (χ2v) is 23.0. The van der Waals surface area contributed by atoms with Gasteiger partial charge in [0.2, 0.25) is 0 Å². The molecule has 1 unspecified atom stereocenters. The maximum atomic E-state index is 13.0. The lowest BCUT2D eigenvalue weighted by Crippen LogP contribution is -2.30. The first-order valence-electron chi connectivity index (χ1n) is 34.9. The van der Waals surface area contributed by atoms with E-state index in [4.69, 9.17) is 14.2 Å². The quantitative estimate of drug-likeness (QED) is 0.0261. The van der Waals surface area contributed by atoms with Gasteiger partial charge in [0.25, 0.3) is 0 Å². The molecular formula is C76H130O6. The van der Waals surface area contributed by atoms with E-state index in [1.54, 1.807) is 0 Å². The van der Waals surface area contributed by atoms with Crippen molar-refractivity contribution in [1.82, 2.24) is 0 Å². The van der Waals surface area contributed by atoms with Gasteiger partial charge in [0.15, 0.2) is 6.10 Å². The summed E-state index contributed by atoms with van der Waals surface area (Å²) in [7, 11) is 0. The Bertz CT molecular complexity index is 1640. The van der Waals surface area contributed by atoms with E-state index in [2.05, 4.69) is 130 Å². The topological polar surface area (TPSA) is 78.9 Å². The van der Waals surface area contributed by atoms with Crippen LogP contribution in [0.1, 0.15) is 335 Å². The Hall–Kier alpha value is -3.93. The van der Waals surface area contributed by atoms with E-state index in [9.17, 15) is 14.4 Å². The van der Waals surface area contributed by atoms with E-state index >= 15 is 0 Å². The molecule has 0 saturated heterocycles. The molecule has 0 radical (unpaired) electrons. The van der Waals surface area contributed by atoms with Crippen molar-refractivity contribution in [3.8, 4) is 0 Å². The highest BCUT2D eigenvalue weighted by atomic mass is 16.6. The van der Waals surface area contributed by atoms with Crippen LogP contribution in [0.2, 0.25) is 0 Å². The van der Waals surface area contributed by atoms with Gasteiger partial charge in [0, 0.05) is 19.3 Å². The number of hydrogen-bond acceptors (Lipinski definition) is 6. The molecule has 0 N–H and O–H groups in total. The van der Waals surface area contributed by atoms with Crippen LogP contribution in [0.25, 0.3) is 0 Å². The van der Waals surface area contributed by atoms with Crippen LogP contribution >= 0.6 is 0 Å². The summed E-state index contributed by atoms with van der Waals surface area (Å²) in [6, 6.07) is 0. The fourth-order valence-electron chi connectivity index (χ4n) is 9.88.